The van der Waals surface area contributed by atoms with Crippen molar-refractivity contribution in [1.29, 1.82) is 0 Å². The van der Waals surface area contributed by atoms with Gasteiger partial charge in [0, 0.05) is 24.6 Å². The number of aromatic nitrogens is 2. The first kappa shape index (κ1) is 23.3. The minimum Gasteiger partial charge on any atom is -0.462 e. The fraction of sp³-hybridized carbons (Fsp3) is 0.393. The van der Waals surface area contributed by atoms with Crippen LogP contribution in [-0.2, 0) is 4.74 Å². The highest BCUT2D eigenvalue weighted by Gasteiger charge is 2.33. The number of carbonyl (C=O) groups excluding carboxylic acids is 2. The van der Waals surface area contributed by atoms with Gasteiger partial charge in [0.15, 0.2) is 0 Å². The number of halogens is 1. The zero-order chi connectivity index (χ0) is 24.5. The molecule has 5 rings (SSSR count). The van der Waals surface area contributed by atoms with E-state index in [9.17, 15) is 9.59 Å². The number of rotatable bonds is 7. The Morgan fingerprint density at radius 1 is 1.09 bits per heavy atom. The maximum absolute atomic E-state index is 15.7. The van der Waals surface area contributed by atoms with E-state index in [1.54, 1.807) is 47.9 Å². The minimum atomic E-state index is -0.519. The Bertz CT molecular complexity index is 1260. The molecule has 6 nitrogen and oxygen atoms in total. The van der Waals surface area contributed by atoms with Gasteiger partial charge in [0.25, 0.3) is 5.91 Å². The van der Waals surface area contributed by atoms with E-state index < -0.39 is 5.82 Å². The normalized spacial score (nSPS) is 15.9. The molecule has 1 amide bonds. The van der Waals surface area contributed by atoms with E-state index in [-0.39, 0.29) is 29.4 Å². The van der Waals surface area contributed by atoms with Crippen molar-refractivity contribution >= 4 is 11.9 Å². The second kappa shape index (κ2) is 9.64. The summed E-state index contributed by atoms with van der Waals surface area (Å²) < 4.78 is 22.6. The SMILES string of the molecule is CCOC(=O)c1cnn(-c2cccc(-c3cccc(C(=O)N(C)C4CCCC4)c3F)c2)c1C1CC1. The molecule has 0 N–H and O–H groups in total. The molecule has 2 aromatic carbocycles. The van der Waals surface area contributed by atoms with E-state index >= 15 is 4.39 Å². The second-order valence-corrected chi connectivity index (χ2v) is 9.42. The third kappa shape index (κ3) is 4.47. The third-order valence-corrected chi connectivity index (χ3v) is 7.09. The first-order valence-corrected chi connectivity index (χ1v) is 12.4. The zero-order valence-electron chi connectivity index (χ0n) is 20.2. The summed E-state index contributed by atoms with van der Waals surface area (Å²) in [5.74, 6) is -0.922. The summed E-state index contributed by atoms with van der Waals surface area (Å²) in [4.78, 5) is 27.3. The molecule has 0 radical (unpaired) electrons. The van der Waals surface area contributed by atoms with Crippen LogP contribution in [0, 0.1) is 5.82 Å². The monoisotopic (exact) mass is 475 g/mol. The van der Waals surface area contributed by atoms with Crippen molar-refractivity contribution in [3.63, 3.8) is 0 Å². The Kier molecular flexibility index (Phi) is 6.41. The second-order valence-electron chi connectivity index (χ2n) is 9.42. The molecule has 182 valence electrons. The Labute approximate surface area is 204 Å². The molecular weight excluding hydrogens is 445 g/mol. The van der Waals surface area contributed by atoms with Crippen LogP contribution in [0.2, 0.25) is 0 Å². The predicted octanol–water partition coefficient (Wildman–Crippen LogP) is 5.75. The molecule has 0 unspecified atom stereocenters. The number of amides is 1. The van der Waals surface area contributed by atoms with Crippen LogP contribution in [0.3, 0.4) is 0 Å². The highest BCUT2D eigenvalue weighted by molar-refractivity contribution is 5.96. The molecule has 2 aliphatic carbocycles. The number of nitrogens with zero attached hydrogens (tertiary/aromatic N) is 3. The molecular formula is C28H30FN3O3. The highest BCUT2D eigenvalue weighted by Crippen LogP contribution is 2.43. The lowest BCUT2D eigenvalue weighted by Crippen LogP contribution is -2.35. The molecule has 2 fully saturated rings. The number of hydrogen-bond donors (Lipinski definition) is 0. The molecule has 1 aromatic heterocycles. The van der Waals surface area contributed by atoms with Gasteiger partial charge in [0.05, 0.1) is 29.7 Å². The molecule has 0 spiro atoms. The number of esters is 1. The standard InChI is InChI=1S/C28H30FN3O3/c1-3-35-28(34)24-17-30-32(26(24)18-14-15-18)21-11-6-8-19(16-21)22-12-7-13-23(25(22)29)27(33)31(2)20-9-4-5-10-20/h6-8,11-13,16-18,20H,3-5,9-10,14-15H2,1-2H3. The molecule has 0 saturated heterocycles. The van der Waals surface area contributed by atoms with E-state index in [4.69, 9.17) is 4.74 Å². The molecule has 0 atom stereocenters. The Hall–Kier alpha value is -3.48. The van der Waals surface area contributed by atoms with E-state index in [1.165, 1.54) is 0 Å². The van der Waals surface area contributed by atoms with Crippen molar-refractivity contribution in [1.82, 2.24) is 14.7 Å². The average Bonchev–Trinajstić information content (AvgIpc) is 3.37. The van der Waals surface area contributed by atoms with Gasteiger partial charge in [-0.25, -0.2) is 13.9 Å². The van der Waals surface area contributed by atoms with E-state index in [0.29, 0.717) is 23.3 Å². The zero-order valence-corrected chi connectivity index (χ0v) is 20.2. The number of carbonyl (C=O) groups is 2. The molecule has 2 aliphatic rings. The van der Waals surface area contributed by atoms with Gasteiger partial charge in [0.2, 0.25) is 0 Å². The van der Waals surface area contributed by atoms with Gasteiger partial charge in [-0.15, -0.1) is 0 Å². The van der Waals surface area contributed by atoms with Gasteiger partial charge in [0.1, 0.15) is 11.4 Å². The summed E-state index contributed by atoms with van der Waals surface area (Å²) >= 11 is 0. The van der Waals surface area contributed by atoms with Crippen molar-refractivity contribution in [2.75, 3.05) is 13.7 Å². The lowest BCUT2D eigenvalue weighted by atomic mass is 10.0. The van der Waals surface area contributed by atoms with Crippen LogP contribution in [0.1, 0.15) is 77.8 Å². The van der Waals surface area contributed by atoms with Crippen molar-refractivity contribution in [2.24, 2.45) is 0 Å². The smallest absolute Gasteiger partial charge is 0.341 e. The van der Waals surface area contributed by atoms with Crippen molar-refractivity contribution in [3.05, 3.63) is 71.3 Å². The first-order valence-electron chi connectivity index (χ1n) is 12.4. The molecule has 3 aromatic rings. The van der Waals surface area contributed by atoms with Crippen LogP contribution < -0.4 is 0 Å². The summed E-state index contributed by atoms with van der Waals surface area (Å²) in [7, 11) is 1.77. The van der Waals surface area contributed by atoms with E-state index in [1.807, 2.05) is 24.3 Å². The van der Waals surface area contributed by atoms with Gasteiger partial charge < -0.3 is 9.64 Å². The van der Waals surface area contributed by atoms with Crippen molar-refractivity contribution in [3.8, 4) is 16.8 Å². The minimum absolute atomic E-state index is 0.0876. The Morgan fingerprint density at radius 3 is 2.54 bits per heavy atom. The molecule has 1 heterocycles. The predicted molar refractivity (Wildman–Crippen MR) is 131 cm³/mol. The third-order valence-electron chi connectivity index (χ3n) is 7.09. The van der Waals surface area contributed by atoms with Crippen LogP contribution in [0.4, 0.5) is 4.39 Å². The fourth-order valence-corrected chi connectivity index (χ4v) is 5.05. The Balaban J connectivity index is 1.49. The molecule has 2 saturated carbocycles. The lowest BCUT2D eigenvalue weighted by molar-refractivity contribution is 0.0524. The molecule has 0 bridgehead atoms. The van der Waals surface area contributed by atoms with Gasteiger partial charge in [-0.3, -0.25) is 4.79 Å². The summed E-state index contributed by atoms with van der Waals surface area (Å²) in [6, 6.07) is 12.5. The first-order chi connectivity index (χ1) is 17.0. The van der Waals surface area contributed by atoms with E-state index in [0.717, 1.165) is 49.9 Å². The van der Waals surface area contributed by atoms with Crippen LogP contribution in [0.15, 0.2) is 48.7 Å². The van der Waals surface area contributed by atoms with Crippen LogP contribution >= 0.6 is 0 Å². The molecule has 35 heavy (non-hydrogen) atoms. The maximum atomic E-state index is 15.7. The molecule has 7 heteroatoms. The lowest BCUT2D eigenvalue weighted by Gasteiger charge is -2.25. The maximum Gasteiger partial charge on any atom is 0.341 e. The van der Waals surface area contributed by atoms with Gasteiger partial charge in [-0.05, 0) is 56.4 Å². The number of ether oxygens (including phenoxy) is 1. The summed E-state index contributed by atoms with van der Waals surface area (Å²) in [5.41, 5.74) is 3.15. The van der Waals surface area contributed by atoms with Gasteiger partial charge >= 0.3 is 5.97 Å². The summed E-state index contributed by atoms with van der Waals surface area (Å²) in [6.07, 6.45) is 7.67. The van der Waals surface area contributed by atoms with Gasteiger partial charge in [-0.2, -0.15) is 5.10 Å². The highest BCUT2D eigenvalue weighted by atomic mass is 19.1. The molecule has 0 aliphatic heterocycles. The Morgan fingerprint density at radius 2 is 1.83 bits per heavy atom. The van der Waals surface area contributed by atoms with E-state index in [2.05, 4.69) is 5.10 Å². The summed E-state index contributed by atoms with van der Waals surface area (Å²) in [5, 5.41) is 4.48. The summed E-state index contributed by atoms with van der Waals surface area (Å²) in [6.45, 7) is 2.08. The topological polar surface area (TPSA) is 64.4 Å². The van der Waals surface area contributed by atoms with Crippen LogP contribution in [-0.4, -0.2) is 46.3 Å². The van der Waals surface area contributed by atoms with Crippen LogP contribution in [0.25, 0.3) is 16.8 Å². The number of benzene rings is 2. The van der Waals surface area contributed by atoms with Crippen molar-refractivity contribution < 1.29 is 18.7 Å². The fourth-order valence-electron chi connectivity index (χ4n) is 5.05. The van der Waals surface area contributed by atoms with Gasteiger partial charge in [-0.1, -0.05) is 37.1 Å². The quantitative estimate of drug-likeness (QED) is 0.408. The average molecular weight is 476 g/mol. The number of hydrogen-bond acceptors (Lipinski definition) is 4. The van der Waals surface area contributed by atoms with Crippen LogP contribution in [0.5, 0.6) is 0 Å². The largest absolute Gasteiger partial charge is 0.462 e. The van der Waals surface area contributed by atoms with Crippen molar-refractivity contribution in [2.45, 2.75) is 57.4 Å².